The number of benzene rings is 2. The Morgan fingerprint density at radius 3 is 2.20 bits per heavy atom. The van der Waals surface area contributed by atoms with Gasteiger partial charge in [0.2, 0.25) is 0 Å². The number of rotatable bonds is 6. The predicted molar refractivity (Wildman–Crippen MR) is 92.2 cm³/mol. The van der Waals surface area contributed by atoms with Crippen molar-refractivity contribution in [3.8, 4) is 11.1 Å². The van der Waals surface area contributed by atoms with Gasteiger partial charge in [0.25, 0.3) is 0 Å². The maximum atomic E-state index is 3.61. The molecule has 0 N–H and O–H groups in total. The van der Waals surface area contributed by atoms with Crippen LogP contribution < -0.4 is 0 Å². The van der Waals surface area contributed by atoms with E-state index in [4.69, 9.17) is 0 Å². The quantitative estimate of drug-likeness (QED) is 0.536. The third-order valence-corrected chi connectivity index (χ3v) is 4.56. The molecule has 1 heteroatoms. The Hall–Kier alpha value is -1.08. The molecule has 0 saturated heterocycles. The van der Waals surface area contributed by atoms with Gasteiger partial charge in [-0.25, -0.2) is 0 Å². The van der Waals surface area contributed by atoms with E-state index >= 15 is 0 Å². The molecule has 0 aliphatic carbocycles. The Morgan fingerprint density at radius 2 is 1.55 bits per heavy atom. The Morgan fingerprint density at radius 1 is 0.850 bits per heavy atom. The van der Waals surface area contributed by atoms with E-state index in [1.54, 1.807) is 0 Å². The summed E-state index contributed by atoms with van der Waals surface area (Å²) < 4.78 is 1.21. The summed E-state index contributed by atoms with van der Waals surface area (Å²) in [6.45, 7) is 4.45. The van der Waals surface area contributed by atoms with Crippen LogP contribution in [0.15, 0.2) is 46.9 Å². The molecule has 2 aromatic rings. The molecule has 0 aliphatic heterocycles. The molecule has 2 rings (SSSR count). The number of unbranched alkanes of at least 4 members (excludes halogenated alkanes) is 2. The van der Waals surface area contributed by atoms with Gasteiger partial charge in [-0.15, -0.1) is 0 Å². The number of aryl methyl sites for hydroxylation is 2. The van der Waals surface area contributed by atoms with Crippen LogP contribution in [-0.4, -0.2) is 0 Å². The molecule has 0 unspecified atom stereocenters. The van der Waals surface area contributed by atoms with Crippen molar-refractivity contribution in [1.29, 1.82) is 0 Å². The number of halogens is 1. The molecule has 0 nitrogen and oxygen atoms in total. The molecular weight excluding hydrogens is 308 g/mol. The lowest BCUT2D eigenvalue weighted by Gasteiger charge is -2.08. The van der Waals surface area contributed by atoms with Gasteiger partial charge in [0.1, 0.15) is 0 Å². The summed E-state index contributed by atoms with van der Waals surface area (Å²) in [4.78, 5) is 0. The van der Waals surface area contributed by atoms with E-state index in [9.17, 15) is 0 Å². The fraction of sp³-hybridized carbons (Fsp3) is 0.368. The molecule has 0 radical (unpaired) electrons. The van der Waals surface area contributed by atoms with Gasteiger partial charge in [0, 0.05) is 4.47 Å². The lowest BCUT2D eigenvalue weighted by atomic mass is 9.99. The van der Waals surface area contributed by atoms with E-state index < -0.39 is 0 Å². The number of hydrogen-bond acceptors (Lipinski definition) is 0. The monoisotopic (exact) mass is 330 g/mol. The molecule has 106 valence electrons. The number of hydrogen-bond donors (Lipinski definition) is 0. The first-order valence-corrected chi connectivity index (χ1v) is 8.41. The fourth-order valence-corrected chi connectivity index (χ4v) is 3.00. The minimum absolute atomic E-state index is 1.06. The Bertz CT molecular complexity index is 540. The fourth-order valence-electron chi connectivity index (χ4n) is 2.47. The van der Waals surface area contributed by atoms with Gasteiger partial charge in [0.15, 0.2) is 0 Å². The van der Waals surface area contributed by atoms with Crippen molar-refractivity contribution in [2.75, 3.05) is 0 Å². The molecule has 0 aromatic heterocycles. The molecule has 2 aromatic carbocycles. The minimum atomic E-state index is 1.06. The zero-order chi connectivity index (χ0) is 14.4. The van der Waals surface area contributed by atoms with Crippen molar-refractivity contribution in [1.82, 2.24) is 0 Å². The molecule has 0 aliphatic rings. The van der Waals surface area contributed by atoms with Crippen LogP contribution in [-0.2, 0) is 12.8 Å². The first-order chi connectivity index (χ1) is 9.74. The molecule has 0 heterocycles. The largest absolute Gasteiger partial charge is 0.0654 e. The van der Waals surface area contributed by atoms with Crippen molar-refractivity contribution in [3.05, 3.63) is 58.1 Å². The summed E-state index contributed by atoms with van der Waals surface area (Å²) in [6.07, 6.45) is 6.18. The van der Waals surface area contributed by atoms with Crippen LogP contribution in [0, 0.1) is 0 Å². The van der Waals surface area contributed by atoms with E-state index in [1.165, 1.54) is 52.4 Å². The molecule has 0 bridgehead atoms. The van der Waals surface area contributed by atoms with Crippen LogP contribution in [0.5, 0.6) is 0 Å². The zero-order valence-electron chi connectivity index (χ0n) is 12.5. The van der Waals surface area contributed by atoms with E-state index in [-0.39, 0.29) is 0 Å². The predicted octanol–water partition coefficient (Wildman–Crippen LogP) is 6.41. The van der Waals surface area contributed by atoms with Gasteiger partial charge < -0.3 is 0 Å². The van der Waals surface area contributed by atoms with Crippen molar-refractivity contribution < 1.29 is 0 Å². The third-order valence-electron chi connectivity index (χ3n) is 3.78. The molecular formula is C19H23Br. The highest BCUT2D eigenvalue weighted by Crippen LogP contribution is 2.26. The SMILES string of the molecule is CCCCCc1ccc(-c2ccc(Br)c(CC)c2)cc1. The second kappa shape index (κ2) is 7.64. The second-order valence-corrected chi connectivity index (χ2v) is 6.17. The average Bonchev–Trinajstić information content (AvgIpc) is 2.49. The summed E-state index contributed by atoms with van der Waals surface area (Å²) in [5.41, 5.74) is 5.45. The van der Waals surface area contributed by atoms with Crippen molar-refractivity contribution in [3.63, 3.8) is 0 Å². The van der Waals surface area contributed by atoms with Crippen molar-refractivity contribution >= 4 is 15.9 Å². The summed E-state index contributed by atoms with van der Waals surface area (Å²) in [5, 5.41) is 0. The topological polar surface area (TPSA) is 0 Å². The molecule has 0 fully saturated rings. The van der Waals surface area contributed by atoms with E-state index in [1.807, 2.05) is 0 Å². The maximum absolute atomic E-state index is 3.61. The smallest absolute Gasteiger partial charge is 0.0207 e. The van der Waals surface area contributed by atoms with Gasteiger partial charge in [-0.05, 0) is 47.6 Å². The summed E-state index contributed by atoms with van der Waals surface area (Å²) in [7, 11) is 0. The highest BCUT2D eigenvalue weighted by atomic mass is 79.9. The highest BCUT2D eigenvalue weighted by Gasteiger charge is 2.02. The van der Waals surface area contributed by atoms with Gasteiger partial charge in [0.05, 0.1) is 0 Å². The van der Waals surface area contributed by atoms with Crippen LogP contribution in [0.25, 0.3) is 11.1 Å². The first-order valence-electron chi connectivity index (χ1n) is 7.62. The van der Waals surface area contributed by atoms with Crippen LogP contribution in [0.4, 0.5) is 0 Å². The third kappa shape index (κ3) is 3.96. The van der Waals surface area contributed by atoms with Crippen molar-refractivity contribution in [2.45, 2.75) is 46.0 Å². The summed E-state index contributed by atoms with van der Waals surface area (Å²) >= 11 is 3.61. The Balaban J connectivity index is 2.13. The van der Waals surface area contributed by atoms with Crippen LogP contribution in [0.3, 0.4) is 0 Å². The second-order valence-electron chi connectivity index (χ2n) is 5.31. The lowest BCUT2D eigenvalue weighted by Crippen LogP contribution is -1.88. The summed E-state index contributed by atoms with van der Waals surface area (Å²) in [6, 6.07) is 15.7. The van der Waals surface area contributed by atoms with Gasteiger partial charge in [-0.1, -0.05) is 79.0 Å². The normalized spacial score (nSPS) is 10.8. The van der Waals surface area contributed by atoms with E-state index in [0.717, 1.165) is 6.42 Å². The average molecular weight is 331 g/mol. The van der Waals surface area contributed by atoms with Gasteiger partial charge in [-0.3, -0.25) is 0 Å². The van der Waals surface area contributed by atoms with Crippen LogP contribution in [0.2, 0.25) is 0 Å². The zero-order valence-corrected chi connectivity index (χ0v) is 14.0. The summed E-state index contributed by atoms with van der Waals surface area (Å²) in [5.74, 6) is 0. The van der Waals surface area contributed by atoms with Gasteiger partial charge in [-0.2, -0.15) is 0 Å². The van der Waals surface area contributed by atoms with E-state index in [0.29, 0.717) is 0 Å². The molecule has 0 atom stereocenters. The first kappa shape index (κ1) is 15.3. The maximum Gasteiger partial charge on any atom is 0.0207 e. The molecule has 0 saturated carbocycles. The standard InChI is InChI=1S/C19H23Br/c1-3-5-6-7-15-8-10-17(11-9-15)18-12-13-19(20)16(4-2)14-18/h8-14H,3-7H2,1-2H3. The lowest BCUT2D eigenvalue weighted by molar-refractivity contribution is 0.717. The van der Waals surface area contributed by atoms with Crippen LogP contribution >= 0.6 is 15.9 Å². The highest BCUT2D eigenvalue weighted by molar-refractivity contribution is 9.10. The van der Waals surface area contributed by atoms with E-state index in [2.05, 4.69) is 72.2 Å². The van der Waals surface area contributed by atoms with Gasteiger partial charge >= 0.3 is 0 Å². The van der Waals surface area contributed by atoms with Crippen molar-refractivity contribution in [2.24, 2.45) is 0 Å². The molecule has 0 spiro atoms. The Kier molecular flexibility index (Phi) is 5.85. The molecule has 20 heavy (non-hydrogen) atoms. The minimum Gasteiger partial charge on any atom is -0.0654 e. The Labute approximate surface area is 131 Å². The van der Waals surface area contributed by atoms with Crippen LogP contribution in [0.1, 0.15) is 44.2 Å². The molecule has 0 amide bonds.